The van der Waals surface area contributed by atoms with Crippen LogP contribution in [0.1, 0.15) is 5.69 Å². The van der Waals surface area contributed by atoms with Gasteiger partial charge in [0.15, 0.2) is 0 Å². The molecule has 1 heterocycles. The van der Waals surface area contributed by atoms with E-state index in [1.54, 1.807) is 0 Å². The summed E-state index contributed by atoms with van der Waals surface area (Å²) in [7, 11) is -6.19. The van der Waals surface area contributed by atoms with Crippen molar-refractivity contribution < 1.29 is 16.8 Å². The van der Waals surface area contributed by atoms with Gasteiger partial charge >= 0.3 is 0 Å². The number of nitrogens with one attached hydrogen (secondary N) is 2. The second-order valence-corrected chi connectivity index (χ2v) is 7.86. The number of pyridine rings is 1. The van der Waals surface area contributed by atoms with Crippen molar-refractivity contribution in [2.24, 2.45) is 5.73 Å². The van der Waals surface area contributed by atoms with E-state index in [0.717, 1.165) is 0 Å². The third kappa shape index (κ3) is 4.45. The maximum Gasteiger partial charge on any atom is 0.242 e. The Kier molecular flexibility index (Phi) is 5.53. The molecule has 0 aliphatic rings. The molecule has 0 aliphatic carbocycles. The third-order valence-corrected chi connectivity index (χ3v) is 5.32. The Morgan fingerprint density at radius 2 is 2.05 bits per heavy atom. The van der Waals surface area contributed by atoms with Crippen molar-refractivity contribution in [1.82, 2.24) is 14.4 Å². The molecule has 0 bridgehead atoms. The lowest BCUT2D eigenvalue weighted by atomic mass is 10.3. The predicted molar refractivity (Wildman–Crippen MR) is 78.2 cm³/mol. The standard InChI is InChI=1S/C9H14N4O4S3/c1-11-19(14,15)6-5-13-20(16,17)7-3-2-4-12-8(7)9(10)18/h2-4,11,13H,5-6H2,1H3,(H2,10,18). The van der Waals surface area contributed by atoms with Crippen molar-refractivity contribution in [3.8, 4) is 0 Å². The Morgan fingerprint density at radius 3 is 2.60 bits per heavy atom. The van der Waals surface area contributed by atoms with Crippen LogP contribution >= 0.6 is 12.2 Å². The van der Waals surface area contributed by atoms with Gasteiger partial charge in [0.05, 0.1) is 5.75 Å². The average Bonchev–Trinajstić information content (AvgIpc) is 2.38. The summed E-state index contributed by atoms with van der Waals surface area (Å²) < 4.78 is 50.7. The van der Waals surface area contributed by atoms with Crippen molar-refractivity contribution >= 4 is 37.3 Å². The molecule has 1 aromatic heterocycles. The van der Waals surface area contributed by atoms with Gasteiger partial charge in [-0.05, 0) is 19.2 Å². The molecule has 11 heteroatoms. The van der Waals surface area contributed by atoms with E-state index in [2.05, 4.69) is 14.4 Å². The van der Waals surface area contributed by atoms with Crippen LogP contribution in [0.3, 0.4) is 0 Å². The van der Waals surface area contributed by atoms with E-state index in [9.17, 15) is 16.8 Å². The van der Waals surface area contributed by atoms with Crippen LogP contribution in [0.25, 0.3) is 0 Å². The van der Waals surface area contributed by atoms with Gasteiger partial charge in [-0.2, -0.15) is 0 Å². The van der Waals surface area contributed by atoms with Crippen LogP contribution in [0.2, 0.25) is 0 Å². The Morgan fingerprint density at radius 1 is 1.40 bits per heavy atom. The second kappa shape index (κ2) is 6.54. The van der Waals surface area contributed by atoms with Gasteiger partial charge in [-0.3, -0.25) is 4.98 Å². The number of thiocarbonyl (C=S) groups is 1. The van der Waals surface area contributed by atoms with Crippen molar-refractivity contribution in [2.75, 3.05) is 19.3 Å². The van der Waals surface area contributed by atoms with Gasteiger partial charge in [0.2, 0.25) is 20.0 Å². The lowest BCUT2D eigenvalue weighted by Crippen LogP contribution is -2.34. The number of rotatable bonds is 7. The van der Waals surface area contributed by atoms with Gasteiger partial charge in [-0.25, -0.2) is 26.3 Å². The van der Waals surface area contributed by atoms with Crippen molar-refractivity contribution in [3.05, 3.63) is 24.0 Å². The predicted octanol–water partition coefficient (Wildman–Crippen LogP) is -1.46. The van der Waals surface area contributed by atoms with E-state index in [1.165, 1.54) is 25.4 Å². The number of hydrogen-bond acceptors (Lipinski definition) is 6. The van der Waals surface area contributed by atoms with Crippen LogP contribution in [-0.4, -0.2) is 46.2 Å². The molecule has 20 heavy (non-hydrogen) atoms. The summed E-state index contributed by atoms with van der Waals surface area (Å²) in [5, 5.41) is 0. The summed E-state index contributed by atoms with van der Waals surface area (Å²) in [6, 6.07) is 2.71. The maximum absolute atomic E-state index is 12.1. The minimum Gasteiger partial charge on any atom is -0.388 e. The zero-order chi connectivity index (χ0) is 15.4. The molecule has 0 saturated carbocycles. The SMILES string of the molecule is CNS(=O)(=O)CCNS(=O)(=O)c1cccnc1C(N)=S. The van der Waals surface area contributed by atoms with Crippen LogP contribution in [-0.2, 0) is 20.0 Å². The lowest BCUT2D eigenvalue weighted by molar-refractivity contribution is 0.578. The van der Waals surface area contributed by atoms with E-state index in [1.807, 2.05) is 0 Å². The second-order valence-electron chi connectivity index (χ2n) is 3.64. The lowest BCUT2D eigenvalue weighted by Gasteiger charge is -2.09. The third-order valence-electron chi connectivity index (χ3n) is 2.27. The molecular weight excluding hydrogens is 324 g/mol. The first-order valence-corrected chi connectivity index (χ1v) is 8.89. The number of aromatic nitrogens is 1. The summed E-state index contributed by atoms with van der Waals surface area (Å²) in [6.07, 6.45) is 1.36. The topological polar surface area (TPSA) is 131 Å². The highest BCUT2D eigenvalue weighted by Gasteiger charge is 2.21. The largest absolute Gasteiger partial charge is 0.388 e. The van der Waals surface area contributed by atoms with Crippen LogP contribution in [0.5, 0.6) is 0 Å². The van der Waals surface area contributed by atoms with Crippen LogP contribution in [0, 0.1) is 0 Å². The van der Waals surface area contributed by atoms with Gasteiger partial charge in [-0.15, -0.1) is 0 Å². The van der Waals surface area contributed by atoms with E-state index in [4.69, 9.17) is 18.0 Å². The average molecular weight is 338 g/mol. The maximum atomic E-state index is 12.1. The fourth-order valence-electron chi connectivity index (χ4n) is 1.28. The fraction of sp³-hybridized carbons (Fsp3) is 0.333. The molecule has 0 amide bonds. The molecule has 0 atom stereocenters. The smallest absolute Gasteiger partial charge is 0.242 e. The van der Waals surface area contributed by atoms with Crippen molar-refractivity contribution in [2.45, 2.75) is 4.90 Å². The Hall–Kier alpha value is -1.14. The van der Waals surface area contributed by atoms with E-state index in [-0.39, 0.29) is 27.9 Å². The summed E-state index contributed by atoms with van der Waals surface area (Å²) >= 11 is 4.73. The number of sulfonamides is 2. The molecule has 1 aromatic rings. The minimum atomic E-state index is -3.94. The van der Waals surface area contributed by atoms with E-state index < -0.39 is 20.0 Å². The monoisotopic (exact) mass is 338 g/mol. The highest BCUT2D eigenvalue weighted by atomic mass is 32.2. The summed E-state index contributed by atoms with van der Waals surface area (Å²) in [4.78, 5) is 3.46. The normalized spacial score (nSPS) is 12.2. The van der Waals surface area contributed by atoms with Crippen molar-refractivity contribution in [1.29, 1.82) is 0 Å². The van der Waals surface area contributed by atoms with Gasteiger partial charge in [0, 0.05) is 12.7 Å². The molecule has 112 valence electrons. The number of hydrogen-bond donors (Lipinski definition) is 3. The molecule has 0 unspecified atom stereocenters. The Bertz CT molecular complexity index is 700. The Labute approximate surface area is 122 Å². The summed E-state index contributed by atoms with van der Waals surface area (Å²) in [5.41, 5.74) is 5.37. The van der Waals surface area contributed by atoms with Gasteiger partial charge in [0.1, 0.15) is 15.6 Å². The highest BCUT2D eigenvalue weighted by Crippen LogP contribution is 2.12. The first-order chi connectivity index (χ1) is 9.19. The minimum absolute atomic E-state index is 0.0357. The molecule has 0 aromatic carbocycles. The fourth-order valence-corrected chi connectivity index (χ4v) is 3.42. The van der Waals surface area contributed by atoms with Crippen LogP contribution in [0.4, 0.5) is 0 Å². The molecule has 0 saturated heterocycles. The molecule has 0 spiro atoms. The zero-order valence-corrected chi connectivity index (χ0v) is 13.0. The summed E-state index contributed by atoms with van der Waals surface area (Å²) in [5.74, 6) is -0.384. The molecule has 0 aliphatic heterocycles. The van der Waals surface area contributed by atoms with E-state index >= 15 is 0 Å². The Balaban J connectivity index is 2.93. The van der Waals surface area contributed by atoms with Gasteiger partial charge in [0.25, 0.3) is 0 Å². The zero-order valence-electron chi connectivity index (χ0n) is 10.5. The number of nitrogens with zero attached hydrogens (tertiary/aromatic N) is 1. The van der Waals surface area contributed by atoms with Crippen LogP contribution in [0.15, 0.2) is 23.2 Å². The first kappa shape index (κ1) is 16.9. The van der Waals surface area contributed by atoms with Gasteiger partial charge < -0.3 is 5.73 Å². The highest BCUT2D eigenvalue weighted by molar-refractivity contribution is 7.90. The summed E-state index contributed by atoms with van der Waals surface area (Å²) in [6.45, 7) is -0.281. The van der Waals surface area contributed by atoms with E-state index in [0.29, 0.717) is 0 Å². The van der Waals surface area contributed by atoms with Crippen molar-refractivity contribution in [3.63, 3.8) is 0 Å². The molecule has 0 radical (unpaired) electrons. The van der Waals surface area contributed by atoms with Gasteiger partial charge in [-0.1, -0.05) is 12.2 Å². The quantitative estimate of drug-likeness (QED) is 0.518. The molecule has 4 N–H and O–H groups in total. The molecule has 0 fully saturated rings. The first-order valence-electron chi connectivity index (χ1n) is 5.35. The molecule has 8 nitrogen and oxygen atoms in total. The number of nitrogens with two attached hydrogens (primary N) is 1. The van der Waals surface area contributed by atoms with Crippen LogP contribution < -0.4 is 15.2 Å². The molecule has 1 rings (SSSR count). The molecular formula is C9H14N4O4S3.